The summed E-state index contributed by atoms with van der Waals surface area (Å²) in [7, 11) is 0. The normalized spacial score (nSPS) is 10.5. The van der Waals surface area contributed by atoms with Crippen LogP contribution in [0.15, 0.2) is 73.2 Å². The van der Waals surface area contributed by atoms with Crippen molar-refractivity contribution in [3.63, 3.8) is 0 Å². The lowest BCUT2D eigenvalue weighted by Crippen LogP contribution is -2.15. The van der Waals surface area contributed by atoms with E-state index < -0.39 is 11.8 Å². The zero-order chi connectivity index (χ0) is 21.8. The van der Waals surface area contributed by atoms with Gasteiger partial charge in [-0.25, -0.2) is 4.98 Å². The van der Waals surface area contributed by atoms with E-state index in [0.29, 0.717) is 33.5 Å². The molecule has 2 aromatic heterocycles. The van der Waals surface area contributed by atoms with Gasteiger partial charge in [0, 0.05) is 35.4 Å². The molecule has 0 saturated heterocycles. The molecule has 0 radical (unpaired) electrons. The van der Waals surface area contributed by atoms with E-state index in [1.165, 1.54) is 24.4 Å². The fourth-order valence-corrected chi connectivity index (χ4v) is 3.35. The van der Waals surface area contributed by atoms with E-state index in [9.17, 15) is 9.59 Å². The molecule has 4 rings (SSSR count). The van der Waals surface area contributed by atoms with Crippen LogP contribution in [-0.2, 0) is 0 Å². The molecule has 0 fully saturated rings. The molecular formula is C22H15Cl2N5O2. The van der Waals surface area contributed by atoms with Gasteiger partial charge in [0.1, 0.15) is 0 Å². The van der Waals surface area contributed by atoms with Gasteiger partial charge in [0.25, 0.3) is 11.8 Å². The standard InChI is InChI=1S/C22H15Cl2N5O2/c23-17-7-5-14(12-16(17)19-3-1-2-8-25-19)28-21(31)15-6-4-13(11-18(15)24)20(30)29-22-26-9-10-27-22/h1-12H,(H,28,31)(H2,26,27,29,30). The Hall–Kier alpha value is -3.68. The first-order valence-corrected chi connectivity index (χ1v) is 9.89. The van der Waals surface area contributed by atoms with Gasteiger partial charge in [-0.3, -0.25) is 19.9 Å². The number of carbonyl (C=O) groups excluding carboxylic acids is 2. The maximum absolute atomic E-state index is 12.7. The number of pyridine rings is 1. The number of amides is 2. The van der Waals surface area contributed by atoms with Gasteiger partial charge < -0.3 is 10.3 Å². The van der Waals surface area contributed by atoms with Crippen molar-refractivity contribution in [3.05, 3.63) is 94.4 Å². The van der Waals surface area contributed by atoms with E-state index in [-0.39, 0.29) is 10.6 Å². The number of nitrogens with zero attached hydrogens (tertiary/aromatic N) is 2. The Kier molecular flexibility index (Phi) is 5.97. The minimum Gasteiger partial charge on any atom is -0.331 e. The summed E-state index contributed by atoms with van der Waals surface area (Å²) >= 11 is 12.6. The lowest BCUT2D eigenvalue weighted by Gasteiger charge is -2.11. The molecule has 31 heavy (non-hydrogen) atoms. The smallest absolute Gasteiger partial charge is 0.258 e. The van der Waals surface area contributed by atoms with Crippen molar-refractivity contribution in [1.29, 1.82) is 0 Å². The van der Waals surface area contributed by atoms with Crippen molar-refractivity contribution in [2.45, 2.75) is 0 Å². The van der Waals surface area contributed by atoms with E-state index >= 15 is 0 Å². The van der Waals surface area contributed by atoms with Crippen LogP contribution in [0.5, 0.6) is 0 Å². The van der Waals surface area contributed by atoms with Crippen LogP contribution in [0.25, 0.3) is 11.3 Å². The Morgan fingerprint density at radius 3 is 2.42 bits per heavy atom. The van der Waals surface area contributed by atoms with Gasteiger partial charge in [-0.1, -0.05) is 29.3 Å². The highest BCUT2D eigenvalue weighted by Gasteiger charge is 2.15. The number of anilines is 2. The van der Waals surface area contributed by atoms with Gasteiger partial charge in [-0.2, -0.15) is 0 Å². The molecule has 2 aromatic carbocycles. The predicted molar refractivity (Wildman–Crippen MR) is 121 cm³/mol. The summed E-state index contributed by atoms with van der Waals surface area (Å²) in [5, 5.41) is 6.05. The van der Waals surface area contributed by atoms with Gasteiger partial charge in [0.05, 0.1) is 21.3 Å². The Balaban J connectivity index is 1.52. The molecule has 2 heterocycles. The van der Waals surface area contributed by atoms with Crippen LogP contribution < -0.4 is 10.6 Å². The fraction of sp³-hybridized carbons (Fsp3) is 0. The van der Waals surface area contributed by atoms with E-state index in [2.05, 4.69) is 25.6 Å². The Morgan fingerprint density at radius 2 is 1.71 bits per heavy atom. The fourth-order valence-electron chi connectivity index (χ4n) is 2.87. The number of halogens is 2. The van der Waals surface area contributed by atoms with E-state index in [1.807, 2.05) is 18.2 Å². The van der Waals surface area contributed by atoms with Crippen LogP contribution in [-0.4, -0.2) is 26.8 Å². The van der Waals surface area contributed by atoms with Crippen molar-refractivity contribution in [2.75, 3.05) is 10.6 Å². The first-order chi connectivity index (χ1) is 15.0. The van der Waals surface area contributed by atoms with Gasteiger partial charge in [0.15, 0.2) is 0 Å². The van der Waals surface area contributed by atoms with Crippen molar-refractivity contribution >= 4 is 46.7 Å². The molecule has 4 aromatic rings. The van der Waals surface area contributed by atoms with Crippen LogP contribution in [0, 0.1) is 0 Å². The van der Waals surface area contributed by atoms with E-state index in [1.54, 1.807) is 30.6 Å². The topological polar surface area (TPSA) is 99.8 Å². The summed E-state index contributed by atoms with van der Waals surface area (Å²) in [6.07, 6.45) is 4.78. The highest BCUT2D eigenvalue weighted by atomic mass is 35.5. The third-order valence-electron chi connectivity index (χ3n) is 4.37. The van der Waals surface area contributed by atoms with Gasteiger partial charge in [-0.05, 0) is 48.5 Å². The summed E-state index contributed by atoms with van der Waals surface area (Å²) < 4.78 is 0. The number of hydrogen-bond acceptors (Lipinski definition) is 4. The number of aromatic amines is 1. The summed E-state index contributed by atoms with van der Waals surface area (Å²) in [6.45, 7) is 0. The number of benzene rings is 2. The lowest BCUT2D eigenvalue weighted by molar-refractivity contribution is 0.101. The predicted octanol–water partition coefficient (Wildman–Crippen LogP) is 5.28. The molecule has 9 heteroatoms. The lowest BCUT2D eigenvalue weighted by atomic mass is 10.1. The summed E-state index contributed by atoms with van der Waals surface area (Å²) in [4.78, 5) is 36.0. The second-order valence-electron chi connectivity index (χ2n) is 6.45. The Morgan fingerprint density at radius 1 is 0.839 bits per heavy atom. The number of carbonyl (C=O) groups is 2. The Labute approximate surface area is 187 Å². The van der Waals surface area contributed by atoms with Crippen molar-refractivity contribution in [2.24, 2.45) is 0 Å². The summed E-state index contributed by atoms with van der Waals surface area (Å²) in [6, 6.07) is 15.0. The zero-order valence-electron chi connectivity index (χ0n) is 15.9. The average Bonchev–Trinajstić information content (AvgIpc) is 3.28. The highest BCUT2D eigenvalue weighted by Crippen LogP contribution is 2.29. The second kappa shape index (κ2) is 8.99. The number of hydrogen-bond donors (Lipinski definition) is 3. The molecule has 0 aliphatic carbocycles. The minimum absolute atomic E-state index is 0.142. The number of aromatic nitrogens is 3. The molecule has 2 amide bonds. The van der Waals surface area contributed by atoms with Crippen LogP contribution in [0.3, 0.4) is 0 Å². The third-order valence-corrected chi connectivity index (χ3v) is 5.01. The van der Waals surface area contributed by atoms with Gasteiger partial charge >= 0.3 is 0 Å². The molecule has 0 spiro atoms. The van der Waals surface area contributed by atoms with Crippen LogP contribution in [0.4, 0.5) is 11.6 Å². The molecular weight excluding hydrogens is 437 g/mol. The molecule has 0 aliphatic heterocycles. The largest absolute Gasteiger partial charge is 0.331 e. The van der Waals surface area contributed by atoms with Crippen molar-refractivity contribution in [3.8, 4) is 11.3 Å². The number of nitrogens with one attached hydrogen (secondary N) is 3. The minimum atomic E-state index is -0.419. The third kappa shape index (κ3) is 4.74. The monoisotopic (exact) mass is 451 g/mol. The molecule has 154 valence electrons. The van der Waals surface area contributed by atoms with Crippen LogP contribution in [0.1, 0.15) is 20.7 Å². The first kappa shape index (κ1) is 20.6. The number of H-pyrrole nitrogens is 1. The van der Waals surface area contributed by atoms with E-state index in [4.69, 9.17) is 23.2 Å². The van der Waals surface area contributed by atoms with Crippen LogP contribution in [0.2, 0.25) is 10.0 Å². The maximum Gasteiger partial charge on any atom is 0.258 e. The quantitative estimate of drug-likeness (QED) is 0.384. The summed E-state index contributed by atoms with van der Waals surface area (Å²) in [5.74, 6) is -0.506. The maximum atomic E-state index is 12.7. The zero-order valence-corrected chi connectivity index (χ0v) is 17.4. The molecule has 0 bridgehead atoms. The first-order valence-electron chi connectivity index (χ1n) is 9.14. The number of rotatable bonds is 5. The molecule has 0 unspecified atom stereocenters. The van der Waals surface area contributed by atoms with Gasteiger partial charge in [0.2, 0.25) is 5.95 Å². The van der Waals surface area contributed by atoms with Crippen molar-refractivity contribution < 1.29 is 9.59 Å². The van der Waals surface area contributed by atoms with Gasteiger partial charge in [-0.15, -0.1) is 0 Å². The Bertz CT molecular complexity index is 1240. The molecule has 0 atom stereocenters. The van der Waals surface area contributed by atoms with Crippen molar-refractivity contribution in [1.82, 2.24) is 15.0 Å². The highest BCUT2D eigenvalue weighted by molar-refractivity contribution is 6.35. The van der Waals surface area contributed by atoms with Crippen LogP contribution >= 0.6 is 23.2 Å². The summed E-state index contributed by atoms with van der Waals surface area (Å²) in [5.41, 5.74) is 2.43. The molecule has 3 N–H and O–H groups in total. The van der Waals surface area contributed by atoms with E-state index in [0.717, 1.165) is 0 Å². The average molecular weight is 452 g/mol. The number of imidazole rings is 1. The molecule has 7 nitrogen and oxygen atoms in total. The molecule has 0 aliphatic rings. The second-order valence-corrected chi connectivity index (χ2v) is 7.26. The SMILES string of the molecule is O=C(Nc1ncc[nH]1)c1ccc(C(=O)Nc2ccc(Cl)c(-c3ccccn3)c2)c(Cl)c1. The molecule has 0 saturated carbocycles.